The lowest BCUT2D eigenvalue weighted by Crippen LogP contribution is -2.09. The van der Waals surface area contributed by atoms with Crippen LogP contribution < -0.4 is 16.3 Å². The van der Waals surface area contributed by atoms with Gasteiger partial charge < -0.3 is 20.7 Å². The van der Waals surface area contributed by atoms with Crippen molar-refractivity contribution >= 4 is 17.0 Å². The molecule has 0 aliphatic carbocycles. The minimum absolute atomic E-state index is 0.554. The fourth-order valence-corrected chi connectivity index (χ4v) is 1.34. The Balaban J connectivity index is 2.63. The topological polar surface area (TPSA) is 70.6 Å². The second kappa shape index (κ2) is 2.62. The molecule has 0 spiro atoms. The van der Waals surface area contributed by atoms with Crippen LogP contribution in [0.4, 0.5) is 11.4 Å². The van der Waals surface area contributed by atoms with Crippen molar-refractivity contribution in [3.63, 3.8) is 0 Å². The number of imidazole rings is 1. The summed E-state index contributed by atoms with van der Waals surface area (Å²) in [5.41, 5.74) is 13.3. The molecule has 0 amide bonds. The molecule has 2 heterocycles. The summed E-state index contributed by atoms with van der Waals surface area (Å²) in [6.45, 7) is 2.51. The van der Waals surface area contributed by atoms with E-state index in [1.165, 1.54) is 0 Å². The van der Waals surface area contributed by atoms with Crippen molar-refractivity contribution in [2.75, 3.05) is 18.1 Å². The van der Waals surface area contributed by atoms with E-state index in [0.29, 0.717) is 18.0 Å². The Morgan fingerprint density at radius 3 is 2.85 bits per heavy atom. The normalized spacial score (nSPS) is 10.8. The lowest BCUT2D eigenvalue weighted by Gasteiger charge is -2.03. The Morgan fingerprint density at radius 2 is 2.15 bits per heavy atom. The summed E-state index contributed by atoms with van der Waals surface area (Å²) in [6.07, 6.45) is 5.41. The number of hydrogen-bond acceptors (Lipinski definition) is 3. The van der Waals surface area contributed by atoms with Gasteiger partial charge in [0.1, 0.15) is 12.3 Å². The van der Waals surface area contributed by atoms with Crippen LogP contribution in [0.25, 0.3) is 5.65 Å². The van der Waals surface area contributed by atoms with E-state index < -0.39 is 0 Å². The summed E-state index contributed by atoms with van der Waals surface area (Å²) in [7, 11) is 0. The molecular formula is C8H12N4O. The molecular weight excluding hydrogens is 168 g/mol. The SMILES string of the molecule is CCOn1ccn2cc(N)c(N)c12. The molecule has 5 heteroatoms. The third-order valence-corrected chi connectivity index (χ3v) is 1.91. The molecule has 2 rings (SSSR count). The molecule has 2 aromatic rings. The Labute approximate surface area is 75.4 Å². The first-order valence-electron chi connectivity index (χ1n) is 4.10. The third-order valence-electron chi connectivity index (χ3n) is 1.91. The van der Waals surface area contributed by atoms with Crippen LogP contribution in [0.1, 0.15) is 6.92 Å². The van der Waals surface area contributed by atoms with E-state index in [2.05, 4.69) is 0 Å². The van der Waals surface area contributed by atoms with Crippen molar-refractivity contribution in [3.05, 3.63) is 18.6 Å². The molecule has 2 aromatic heterocycles. The van der Waals surface area contributed by atoms with Gasteiger partial charge in [0.05, 0.1) is 11.9 Å². The lowest BCUT2D eigenvalue weighted by molar-refractivity contribution is 0.132. The fourth-order valence-electron chi connectivity index (χ4n) is 1.34. The fraction of sp³-hybridized carbons (Fsp3) is 0.250. The highest BCUT2D eigenvalue weighted by Crippen LogP contribution is 2.22. The van der Waals surface area contributed by atoms with Crippen LogP contribution >= 0.6 is 0 Å². The van der Waals surface area contributed by atoms with Gasteiger partial charge in [0, 0.05) is 12.4 Å². The molecule has 4 N–H and O–H groups in total. The van der Waals surface area contributed by atoms with Gasteiger partial charge in [-0.25, -0.2) is 0 Å². The minimum atomic E-state index is 0.554. The van der Waals surface area contributed by atoms with Crippen LogP contribution in [0.3, 0.4) is 0 Å². The maximum atomic E-state index is 5.77. The molecule has 0 saturated heterocycles. The van der Waals surface area contributed by atoms with Gasteiger partial charge in [0.15, 0.2) is 5.65 Å². The van der Waals surface area contributed by atoms with Gasteiger partial charge in [0.2, 0.25) is 0 Å². The molecule has 0 bridgehead atoms. The van der Waals surface area contributed by atoms with E-state index >= 15 is 0 Å². The van der Waals surface area contributed by atoms with E-state index in [4.69, 9.17) is 16.3 Å². The van der Waals surface area contributed by atoms with E-state index in [0.717, 1.165) is 5.65 Å². The van der Waals surface area contributed by atoms with Gasteiger partial charge in [-0.1, -0.05) is 0 Å². The summed E-state index contributed by atoms with van der Waals surface area (Å²) in [6, 6.07) is 0. The number of anilines is 2. The van der Waals surface area contributed by atoms with Crippen LogP contribution in [-0.4, -0.2) is 15.7 Å². The number of hydrogen-bond donors (Lipinski definition) is 2. The molecule has 5 nitrogen and oxygen atoms in total. The van der Waals surface area contributed by atoms with E-state index in [1.54, 1.807) is 17.1 Å². The molecule has 0 aliphatic rings. The van der Waals surface area contributed by atoms with Crippen molar-refractivity contribution in [2.45, 2.75) is 6.92 Å². The average molecular weight is 180 g/mol. The highest BCUT2D eigenvalue weighted by molar-refractivity contribution is 5.80. The highest BCUT2D eigenvalue weighted by atomic mass is 16.7. The van der Waals surface area contributed by atoms with Crippen LogP contribution in [0.2, 0.25) is 0 Å². The summed E-state index contributed by atoms with van der Waals surface area (Å²) < 4.78 is 3.45. The molecule has 0 radical (unpaired) electrons. The van der Waals surface area contributed by atoms with Crippen molar-refractivity contribution in [1.29, 1.82) is 0 Å². The number of rotatable bonds is 2. The first-order valence-corrected chi connectivity index (χ1v) is 4.10. The zero-order chi connectivity index (χ0) is 9.42. The van der Waals surface area contributed by atoms with Crippen molar-refractivity contribution < 1.29 is 4.84 Å². The van der Waals surface area contributed by atoms with Crippen LogP contribution in [0, 0.1) is 0 Å². The largest absolute Gasteiger partial charge is 0.413 e. The van der Waals surface area contributed by atoms with Gasteiger partial charge in [-0.15, -0.1) is 0 Å². The predicted molar refractivity (Wildman–Crippen MR) is 51.3 cm³/mol. The standard InChI is InChI=1S/C8H12N4O/c1-2-13-12-4-3-11-5-6(9)7(10)8(11)12/h3-5H,2,9-10H2,1H3. The molecule has 13 heavy (non-hydrogen) atoms. The minimum Gasteiger partial charge on any atom is -0.413 e. The lowest BCUT2D eigenvalue weighted by atomic mass is 10.4. The van der Waals surface area contributed by atoms with E-state index in [9.17, 15) is 0 Å². The number of aromatic nitrogens is 2. The second-order valence-electron chi connectivity index (χ2n) is 2.77. The van der Waals surface area contributed by atoms with Gasteiger partial charge in [-0.3, -0.25) is 0 Å². The van der Waals surface area contributed by atoms with Gasteiger partial charge in [0.25, 0.3) is 0 Å². The van der Waals surface area contributed by atoms with E-state index in [-0.39, 0.29) is 0 Å². The zero-order valence-corrected chi connectivity index (χ0v) is 7.40. The molecule has 70 valence electrons. The monoisotopic (exact) mass is 180 g/mol. The smallest absolute Gasteiger partial charge is 0.178 e. The van der Waals surface area contributed by atoms with Gasteiger partial charge in [-0.2, -0.15) is 4.73 Å². The molecule has 0 aliphatic heterocycles. The average Bonchev–Trinajstić information content (AvgIpc) is 2.58. The van der Waals surface area contributed by atoms with Crippen LogP contribution in [-0.2, 0) is 0 Å². The maximum Gasteiger partial charge on any atom is 0.178 e. The summed E-state index contributed by atoms with van der Waals surface area (Å²) in [5.74, 6) is 0. The molecule has 0 saturated carbocycles. The molecule has 0 aromatic carbocycles. The summed E-state index contributed by atoms with van der Waals surface area (Å²) >= 11 is 0. The number of nitrogens with zero attached hydrogens (tertiary/aromatic N) is 2. The summed E-state index contributed by atoms with van der Waals surface area (Å²) in [5, 5.41) is 0. The zero-order valence-electron chi connectivity index (χ0n) is 7.40. The quantitative estimate of drug-likeness (QED) is 0.700. The third kappa shape index (κ3) is 1.00. The number of nitrogens with two attached hydrogens (primary N) is 2. The Hall–Kier alpha value is -1.78. The Morgan fingerprint density at radius 1 is 1.38 bits per heavy atom. The van der Waals surface area contributed by atoms with Gasteiger partial charge in [-0.05, 0) is 6.92 Å². The first kappa shape index (κ1) is 7.85. The predicted octanol–water partition coefficient (Wildman–Crippen LogP) is 0.354. The summed E-state index contributed by atoms with van der Waals surface area (Å²) in [4.78, 5) is 5.31. The van der Waals surface area contributed by atoms with Crippen LogP contribution in [0.5, 0.6) is 0 Å². The van der Waals surface area contributed by atoms with Crippen molar-refractivity contribution in [3.8, 4) is 0 Å². The number of fused-ring (bicyclic) bond motifs is 1. The van der Waals surface area contributed by atoms with Gasteiger partial charge >= 0.3 is 0 Å². The van der Waals surface area contributed by atoms with Crippen LogP contribution in [0.15, 0.2) is 18.6 Å². The second-order valence-corrected chi connectivity index (χ2v) is 2.77. The van der Waals surface area contributed by atoms with Crippen molar-refractivity contribution in [2.24, 2.45) is 0 Å². The molecule has 0 fully saturated rings. The van der Waals surface area contributed by atoms with Crippen molar-refractivity contribution in [1.82, 2.24) is 9.13 Å². The molecule has 0 unspecified atom stereocenters. The first-order chi connectivity index (χ1) is 6.24. The maximum absolute atomic E-state index is 5.77. The number of nitrogen functional groups attached to an aromatic ring is 2. The Bertz CT molecular complexity index is 428. The molecule has 0 atom stereocenters. The Kier molecular flexibility index (Phi) is 1.58. The van der Waals surface area contributed by atoms with E-state index in [1.807, 2.05) is 17.5 Å². The highest BCUT2D eigenvalue weighted by Gasteiger charge is 2.09.